The number of anilines is 1. The van der Waals surface area contributed by atoms with Gasteiger partial charge in [-0.1, -0.05) is 18.2 Å². The number of nitrogens with one attached hydrogen (secondary N) is 2. The van der Waals surface area contributed by atoms with E-state index in [9.17, 15) is 9.59 Å². The van der Waals surface area contributed by atoms with Crippen molar-refractivity contribution in [3.63, 3.8) is 0 Å². The van der Waals surface area contributed by atoms with Crippen molar-refractivity contribution in [1.29, 1.82) is 0 Å². The number of hydrazine groups is 1. The van der Waals surface area contributed by atoms with E-state index in [1.807, 2.05) is 37.3 Å². The molecule has 2 atom stereocenters. The molecule has 1 aromatic heterocycles. The van der Waals surface area contributed by atoms with Crippen LogP contribution in [0.1, 0.15) is 19.6 Å². The predicted octanol–water partition coefficient (Wildman–Crippen LogP) is 1.67. The summed E-state index contributed by atoms with van der Waals surface area (Å²) in [5, 5.41) is 4.22. The van der Waals surface area contributed by atoms with Crippen LogP contribution in [0.5, 0.6) is 0 Å². The van der Waals surface area contributed by atoms with E-state index < -0.39 is 6.04 Å². The zero-order valence-corrected chi connectivity index (χ0v) is 14.1. The van der Waals surface area contributed by atoms with Crippen LogP contribution >= 0.6 is 0 Å². The third-order valence-corrected chi connectivity index (χ3v) is 3.81. The quantitative estimate of drug-likeness (QED) is 0.867. The van der Waals surface area contributed by atoms with Gasteiger partial charge in [0, 0.05) is 12.5 Å². The number of aliphatic imine (C=N–C) groups is 1. The standard InChI is InChI=1S/C18H20N4O3/c1-12(11-15-9-6-10-25-15)19-17(23)16-20-13(2)18(24)22(21-16)14-7-4-3-5-8-14/h3-10,12-13H,11H2,1-2H3,(H,19,23)(H,20,21)/t12-,13-/m1/s1. The van der Waals surface area contributed by atoms with Gasteiger partial charge in [0.2, 0.25) is 5.84 Å². The van der Waals surface area contributed by atoms with Crippen molar-refractivity contribution in [2.45, 2.75) is 32.4 Å². The second-order valence-corrected chi connectivity index (χ2v) is 5.93. The van der Waals surface area contributed by atoms with Gasteiger partial charge >= 0.3 is 0 Å². The maximum Gasteiger partial charge on any atom is 0.288 e. The van der Waals surface area contributed by atoms with E-state index in [-0.39, 0.29) is 23.7 Å². The Hall–Kier alpha value is -3.09. The number of hydrogen-bond acceptors (Lipinski definition) is 5. The van der Waals surface area contributed by atoms with Crippen LogP contribution in [0, 0.1) is 0 Å². The average Bonchev–Trinajstić information content (AvgIpc) is 3.10. The lowest BCUT2D eigenvalue weighted by Gasteiger charge is -2.30. The van der Waals surface area contributed by atoms with Crippen LogP contribution < -0.4 is 15.8 Å². The summed E-state index contributed by atoms with van der Waals surface area (Å²) in [5.41, 5.74) is 3.47. The molecule has 0 spiro atoms. The third-order valence-electron chi connectivity index (χ3n) is 3.81. The van der Waals surface area contributed by atoms with E-state index in [1.165, 1.54) is 5.01 Å². The van der Waals surface area contributed by atoms with Crippen LogP contribution in [-0.4, -0.2) is 29.7 Å². The number of rotatable bonds is 5. The SMILES string of the molecule is C[C@H](Cc1ccco1)NC(=O)C1=N[C@H](C)C(=O)N(c2ccccc2)N1. The van der Waals surface area contributed by atoms with Crippen LogP contribution in [0.3, 0.4) is 0 Å². The summed E-state index contributed by atoms with van der Waals surface area (Å²) in [6.07, 6.45) is 2.17. The van der Waals surface area contributed by atoms with Gasteiger partial charge in [-0.25, -0.2) is 10.0 Å². The number of nitrogens with zero attached hydrogens (tertiary/aromatic N) is 2. The van der Waals surface area contributed by atoms with Crippen molar-refractivity contribution < 1.29 is 14.0 Å². The Morgan fingerprint density at radius 1 is 1.32 bits per heavy atom. The van der Waals surface area contributed by atoms with E-state index in [0.29, 0.717) is 12.1 Å². The maximum atomic E-state index is 12.5. The molecule has 0 fully saturated rings. The Balaban J connectivity index is 1.69. The molecule has 25 heavy (non-hydrogen) atoms. The van der Waals surface area contributed by atoms with Gasteiger partial charge in [-0.15, -0.1) is 0 Å². The molecule has 0 saturated carbocycles. The Labute approximate surface area is 145 Å². The summed E-state index contributed by atoms with van der Waals surface area (Å²) < 4.78 is 5.29. The largest absolute Gasteiger partial charge is 0.469 e. The third kappa shape index (κ3) is 3.88. The average molecular weight is 340 g/mol. The molecule has 0 bridgehead atoms. The van der Waals surface area contributed by atoms with Crippen molar-refractivity contribution in [2.24, 2.45) is 4.99 Å². The highest BCUT2D eigenvalue weighted by molar-refractivity contribution is 6.39. The lowest BCUT2D eigenvalue weighted by atomic mass is 10.2. The number of carbonyl (C=O) groups excluding carboxylic acids is 2. The zero-order valence-electron chi connectivity index (χ0n) is 14.1. The molecule has 3 rings (SSSR count). The summed E-state index contributed by atoms with van der Waals surface area (Å²) in [7, 11) is 0. The van der Waals surface area contributed by atoms with Crippen molar-refractivity contribution in [1.82, 2.24) is 10.7 Å². The molecule has 0 aliphatic carbocycles. The number of amides is 2. The van der Waals surface area contributed by atoms with Gasteiger partial charge in [0.15, 0.2) is 0 Å². The van der Waals surface area contributed by atoms with E-state index in [0.717, 1.165) is 5.76 Å². The van der Waals surface area contributed by atoms with Gasteiger partial charge in [0.25, 0.3) is 11.8 Å². The first kappa shape index (κ1) is 16.8. The number of para-hydroxylation sites is 1. The van der Waals surface area contributed by atoms with Gasteiger partial charge in [-0.3, -0.25) is 15.0 Å². The molecular weight excluding hydrogens is 320 g/mol. The van der Waals surface area contributed by atoms with Gasteiger partial charge < -0.3 is 9.73 Å². The molecule has 7 heteroatoms. The molecule has 2 heterocycles. The Bertz CT molecular complexity index is 771. The molecule has 7 nitrogen and oxygen atoms in total. The van der Waals surface area contributed by atoms with Gasteiger partial charge in [-0.05, 0) is 38.1 Å². The van der Waals surface area contributed by atoms with Crippen LogP contribution in [0.15, 0.2) is 58.1 Å². The van der Waals surface area contributed by atoms with Crippen molar-refractivity contribution in [2.75, 3.05) is 5.01 Å². The normalized spacial score (nSPS) is 18.3. The maximum absolute atomic E-state index is 12.5. The molecule has 1 aliphatic heterocycles. The molecule has 2 amide bonds. The molecule has 0 unspecified atom stereocenters. The predicted molar refractivity (Wildman–Crippen MR) is 94.0 cm³/mol. The fraction of sp³-hybridized carbons (Fsp3) is 0.278. The molecule has 1 aliphatic rings. The monoisotopic (exact) mass is 340 g/mol. The summed E-state index contributed by atoms with van der Waals surface area (Å²) in [6, 6.07) is 12.0. The molecule has 130 valence electrons. The minimum atomic E-state index is -0.636. The molecular formula is C18H20N4O3. The Kier molecular flexibility index (Phi) is 4.83. The Morgan fingerprint density at radius 3 is 2.76 bits per heavy atom. The fourth-order valence-corrected chi connectivity index (χ4v) is 2.58. The second-order valence-electron chi connectivity index (χ2n) is 5.93. The first-order valence-electron chi connectivity index (χ1n) is 8.11. The van der Waals surface area contributed by atoms with Crippen LogP contribution in [0.25, 0.3) is 0 Å². The summed E-state index contributed by atoms with van der Waals surface area (Å²) in [4.78, 5) is 29.0. The van der Waals surface area contributed by atoms with E-state index in [1.54, 1.807) is 25.3 Å². The minimum Gasteiger partial charge on any atom is -0.469 e. The second kappa shape index (κ2) is 7.21. The molecule has 0 radical (unpaired) electrons. The lowest BCUT2D eigenvalue weighted by molar-refractivity contribution is -0.120. The van der Waals surface area contributed by atoms with E-state index in [4.69, 9.17) is 4.42 Å². The van der Waals surface area contributed by atoms with Gasteiger partial charge in [0.05, 0.1) is 12.0 Å². The smallest absolute Gasteiger partial charge is 0.288 e. The van der Waals surface area contributed by atoms with Crippen molar-refractivity contribution >= 4 is 23.3 Å². The summed E-state index contributed by atoms with van der Waals surface area (Å²) in [6.45, 7) is 3.55. The van der Waals surface area contributed by atoms with E-state index >= 15 is 0 Å². The first-order chi connectivity index (χ1) is 12.0. The lowest BCUT2D eigenvalue weighted by Crippen LogP contribution is -2.58. The highest BCUT2D eigenvalue weighted by atomic mass is 16.3. The number of benzene rings is 1. The van der Waals surface area contributed by atoms with Crippen LogP contribution in [0.4, 0.5) is 5.69 Å². The molecule has 2 aromatic rings. The number of carbonyl (C=O) groups is 2. The minimum absolute atomic E-state index is 0.113. The first-order valence-corrected chi connectivity index (χ1v) is 8.11. The van der Waals surface area contributed by atoms with Crippen molar-refractivity contribution in [3.05, 3.63) is 54.5 Å². The highest BCUT2D eigenvalue weighted by Gasteiger charge is 2.31. The van der Waals surface area contributed by atoms with Gasteiger partial charge in [0.1, 0.15) is 11.8 Å². The topological polar surface area (TPSA) is 86.9 Å². The Morgan fingerprint density at radius 2 is 2.08 bits per heavy atom. The molecule has 1 aromatic carbocycles. The number of hydrogen-bond donors (Lipinski definition) is 2. The van der Waals surface area contributed by atoms with Gasteiger partial charge in [-0.2, -0.15) is 0 Å². The molecule has 0 saturated heterocycles. The van der Waals surface area contributed by atoms with E-state index in [2.05, 4.69) is 15.7 Å². The zero-order chi connectivity index (χ0) is 17.8. The number of furan rings is 1. The number of amidine groups is 1. The highest BCUT2D eigenvalue weighted by Crippen LogP contribution is 2.16. The van der Waals surface area contributed by atoms with Crippen LogP contribution in [0.2, 0.25) is 0 Å². The molecule has 2 N–H and O–H groups in total. The summed E-state index contributed by atoms with van der Waals surface area (Å²) >= 11 is 0. The van der Waals surface area contributed by atoms with Crippen molar-refractivity contribution in [3.8, 4) is 0 Å². The fourth-order valence-electron chi connectivity index (χ4n) is 2.58. The summed E-state index contributed by atoms with van der Waals surface area (Å²) in [5.74, 6) is 0.328. The van der Waals surface area contributed by atoms with Crippen LogP contribution in [-0.2, 0) is 16.0 Å².